The molecule has 0 aromatic carbocycles. The van der Waals surface area contributed by atoms with Crippen molar-refractivity contribution in [3.63, 3.8) is 0 Å². The topological polar surface area (TPSA) is 0 Å². The van der Waals surface area contributed by atoms with Crippen molar-refractivity contribution in [3.8, 4) is 0 Å². The molecule has 0 saturated heterocycles. The molecule has 1 aliphatic rings. The van der Waals surface area contributed by atoms with Gasteiger partial charge in [0.25, 0.3) is 0 Å². The summed E-state index contributed by atoms with van der Waals surface area (Å²) >= 11 is 0. The zero-order chi connectivity index (χ0) is 4.41. The van der Waals surface area contributed by atoms with Crippen LogP contribution in [0.2, 0.25) is 0 Å². The van der Waals surface area contributed by atoms with Crippen LogP contribution in [0.25, 0.3) is 0 Å². The summed E-state index contributed by atoms with van der Waals surface area (Å²) in [7, 11) is 0. The minimum Gasteiger partial charge on any atom is -0.0625 e. The fourth-order valence-corrected chi connectivity index (χ4v) is 1.13. The van der Waals surface area contributed by atoms with E-state index in [1.54, 1.807) is 0 Å². The second kappa shape index (κ2) is 3.60. The third-order valence-electron chi connectivity index (χ3n) is 1.64. The summed E-state index contributed by atoms with van der Waals surface area (Å²) in [5, 5.41) is 0. The molecule has 0 bridgehead atoms. The average Bonchev–Trinajstić information content (AvgIpc) is 1.86. The van der Waals surface area contributed by atoms with Crippen molar-refractivity contribution in [3.05, 3.63) is 0 Å². The van der Waals surface area contributed by atoms with Crippen LogP contribution < -0.4 is 0 Å². The van der Waals surface area contributed by atoms with Gasteiger partial charge in [-0.15, -0.1) is 0 Å². The van der Waals surface area contributed by atoms with Gasteiger partial charge < -0.3 is 0 Å². The molecular weight excluding hydrogens is 137 g/mol. The third-order valence-corrected chi connectivity index (χ3v) is 1.64. The molecule has 1 heteroatoms. The smallest absolute Gasteiger partial charge is 0 e. The molecule has 1 fully saturated rings. The number of rotatable bonds is 0. The molecule has 0 unspecified atom stereocenters. The summed E-state index contributed by atoms with van der Waals surface area (Å²) < 4.78 is 0. The van der Waals surface area contributed by atoms with E-state index < -0.39 is 0 Å². The first-order valence-corrected chi connectivity index (χ1v) is 2.89. The maximum atomic E-state index is 2.34. The summed E-state index contributed by atoms with van der Waals surface area (Å²) in [6.45, 7) is 2.34. The molecule has 0 aromatic heterocycles. The SMILES string of the molecule is CC1CCCC1.[Zn]. The third kappa shape index (κ3) is 2.44. The molecular formula is C6H12Zn. The van der Waals surface area contributed by atoms with E-state index in [4.69, 9.17) is 0 Å². The molecule has 1 rings (SSSR count). The van der Waals surface area contributed by atoms with Gasteiger partial charge in [-0.05, 0) is 5.92 Å². The number of hydrogen-bond acceptors (Lipinski definition) is 0. The normalized spacial score (nSPS) is 21.9. The van der Waals surface area contributed by atoms with Gasteiger partial charge in [0, 0.05) is 19.5 Å². The Labute approximate surface area is 58.4 Å². The Balaban J connectivity index is 0.000000360. The van der Waals surface area contributed by atoms with Gasteiger partial charge in [0.05, 0.1) is 0 Å². The van der Waals surface area contributed by atoms with Crippen LogP contribution in [0.5, 0.6) is 0 Å². The predicted molar refractivity (Wildman–Crippen MR) is 27.6 cm³/mol. The van der Waals surface area contributed by atoms with Crippen molar-refractivity contribution >= 4 is 0 Å². The fourth-order valence-electron chi connectivity index (χ4n) is 1.13. The van der Waals surface area contributed by atoms with Gasteiger partial charge in [-0.25, -0.2) is 0 Å². The van der Waals surface area contributed by atoms with Crippen molar-refractivity contribution in [2.24, 2.45) is 5.92 Å². The van der Waals surface area contributed by atoms with Crippen LogP contribution >= 0.6 is 0 Å². The van der Waals surface area contributed by atoms with Crippen LogP contribution in [0.3, 0.4) is 0 Å². The second-order valence-corrected chi connectivity index (χ2v) is 2.39. The maximum Gasteiger partial charge on any atom is 0 e. The molecule has 0 N–H and O–H groups in total. The summed E-state index contributed by atoms with van der Waals surface area (Å²) in [6, 6.07) is 0. The molecule has 0 heterocycles. The molecule has 0 nitrogen and oxygen atoms in total. The van der Waals surface area contributed by atoms with E-state index in [2.05, 4.69) is 6.92 Å². The van der Waals surface area contributed by atoms with E-state index in [1.165, 1.54) is 25.7 Å². The van der Waals surface area contributed by atoms with E-state index >= 15 is 0 Å². The molecule has 0 atom stereocenters. The molecule has 38 valence electrons. The van der Waals surface area contributed by atoms with Crippen LogP contribution in [0.15, 0.2) is 0 Å². The summed E-state index contributed by atoms with van der Waals surface area (Å²) in [6.07, 6.45) is 5.95. The zero-order valence-electron chi connectivity index (χ0n) is 5.11. The Morgan fingerprint density at radius 1 is 1.14 bits per heavy atom. The molecule has 0 aliphatic heterocycles. The van der Waals surface area contributed by atoms with Crippen molar-refractivity contribution in [1.82, 2.24) is 0 Å². The van der Waals surface area contributed by atoms with E-state index in [1.807, 2.05) is 0 Å². The fraction of sp³-hybridized carbons (Fsp3) is 1.00. The largest absolute Gasteiger partial charge is 0.0625 e. The van der Waals surface area contributed by atoms with Crippen LogP contribution in [0.4, 0.5) is 0 Å². The van der Waals surface area contributed by atoms with Gasteiger partial charge in [-0.3, -0.25) is 0 Å². The monoisotopic (exact) mass is 148 g/mol. The standard InChI is InChI=1S/C6H12.Zn/c1-6-4-2-3-5-6;/h6H,2-5H2,1H3;. The Bertz CT molecular complexity index is 37.4. The average molecular weight is 150 g/mol. The molecule has 1 saturated carbocycles. The van der Waals surface area contributed by atoms with Gasteiger partial charge >= 0.3 is 0 Å². The Morgan fingerprint density at radius 3 is 1.71 bits per heavy atom. The van der Waals surface area contributed by atoms with Crippen LogP contribution in [-0.4, -0.2) is 0 Å². The minimum absolute atomic E-state index is 0. The van der Waals surface area contributed by atoms with E-state index in [0.717, 1.165) is 5.92 Å². The molecule has 0 aromatic rings. The first-order valence-electron chi connectivity index (χ1n) is 2.89. The van der Waals surface area contributed by atoms with Gasteiger partial charge in [-0.1, -0.05) is 32.6 Å². The first kappa shape index (κ1) is 7.62. The van der Waals surface area contributed by atoms with Crippen molar-refractivity contribution in [2.75, 3.05) is 0 Å². The quantitative estimate of drug-likeness (QED) is 0.463. The molecule has 1 aliphatic carbocycles. The van der Waals surface area contributed by atoms with Gasteiger partial charge in [0.2, 0.25) is 0 Å². The van der Waals surface area contributed by atoms with Crippen molar-refractivity contribution < 1.29 is 19.5 Å². The van der Waals surface area contributed by atoms with Crippen LogP contribution in [0.1, 0.15) is 32.6 Å². The predicted octanol–water partition coefficient (Wildman–Crippen LogP) is 2.19. The molecule has 0 amide bonds. The van der Waals surface area contributed by atoms with Crippen molar-refractivity contribution in [2.45, 2.75) is 32.6 Å². The van der Waals surface area contributed by atoms with Crippen LogP contribution in [-0.2, 0) is 19.5 Å². The van der Waals surface area contributed by atoms with E-state index in [0.29, 0.717) is 0 Å². The molecule has 7 heavy (non-hydrogen) atoms. The molecule has 0 radical (unpaired) electrons. The summed E-state index contributed by atoms with van der Waals surface area (Å²) in [4.78, 5) is 0. The van der Waals surface area contributed by atoms with E-state index in [9.17, 15) is 0 Å². The van der Waals surface area contributed by atoms with Crippen LogP contribution in [0, 0.1) is 5.92 Å². The van der Waals surface area contributed by atoms with Gasteiger partial charge in [-0.2, -0.15) is 0 Å². The maximum absolute atomic E-state index is 2.34. The van der Waals surface area contributed by atoms with Gasteiger partial charge in [0.15, 0.2) is 0 Å². The molecule has 0 spiro atoms. The zero-order valence-corrected chi connectivity index (χ0v) is 8.08. The van der Waals surface area contributed by atoms with Crippen molar-refractivity contribution in [1.29, 1.82) is 0 Å². The van der Waals surface area contributed by atoms with Gasteiger partial charge in [0.1, 0.15) is 0 Å². The Morgan fingerprint density at radius 2 is 1.57 bits per heavy atom. The van der Waals surface area contributed by atoms with E-state index in [-0.39, 0.29) is 19.5 Å². The Kier molecular flexibility index (Phi) is 3.92. The first-order chi connectivity index (χ1) is 2.89. The number of hydrogen-bond donors (Lipinski definition) is 0. The summed E-state index contributed by atoms with van der Waals surface area (Å²) in [5.41, 5.74) is 0. The minimum atomic E-state index is 0. The Hall–Kier alpha value is 0.623. The summed E-state index contributed by atoms with van der Waals surface area (Å²) in [5.74, 6) is 1.05. The second-order valence-electron chi connectivity index (χ2n) is 2.39.